The Labute approximate surface area is 90.0 Å². The van der Waals surface area contributed by atoms with E-state index in [9.17, 15) is 0 Å². The highest BCUT2D eigenvalue weighted by molar-refractivity contribution is 7.98. The van der Waals surface area contributed by atoms with Gasteiger partial charge < -0.3 is 0 Å². The van der Waals surface area contributed by atoms with Crippen molar-refractivity contribution < 1.29 is 0 Å². The highest BCUT2D eigenvalue weighted by Gasteiger charge is 2.03. The van der Waals surface area contributed by atoms with Crippen molar-refractivity contribution in [2.75, 3.05) is 6.26 Å². The normalized spacial score (nSPS) is 9.87. The van der Waals surface area contributed by atoms with Gasteiger partial charge in [-0.3, -0.25) is 0 Å². The van der Waals surface area contributed by atoms with Crippen molar-refractivity contribution in [3.8, 4) is 11.9 Å². The molecule has 74 valence electrons. The molecule has 0 N–H and O–H groups in total. The molecule has 7 heteroatoms. The van der Waals surface area contributed by atoms with E-state index >= 15 is 0 Å². The molecule has 15 heavy (non-hydrogen) atoms. The lowest BCUT2D eigenvalue weighted by molar-refractivity contribution is 0.821. The molecule has 0 atom stereocenters. The van der Waals surface area contributed by atoms with Gasteiger partial charge in [-0.25, -0.2) is 19.6 Å². The maximum atomic E-state index is 8.57. The van der Waals surface area contributed by atoms with Crippen LogP contribution in [-0.2, 0) is 0 Å². The Morgan fingerprint density at radius 1 is 1.40 bits per heavy atom. The highest BCUT2D eigenvalue weighted by atomic mass is 32.2. The lowest BCUT2D eigenvalue weighted by atomic mass is 10.6. The quantitative estimate of drug-likeness (QED) is 0.544. The van der Waals surface area contributed by atoms with Crippen molar-refractivity contribution in [3.05, 3.63) is 24.5 Å². The summed E-state index contributed by atoms with van der Waals surface area (Å²) in [7, 11) is 0. The van der Waals surface area contributed by atoms with Gasteiger partial charge in [-0.2, -0.15) is 5.26 Å². The monoisotopic (exact) mass is 218 g/mol. The van der Waals surface area contributed by atoms with Crippen molar-refractivity contribution >= 4 is 11.8 Å². The maximum Gasteiger partial charge on any atom is 0.252 e. The first-order valence-corrected chi connectivity index (χ1v) is 5.24. The van der Waals surface area contributed by atoms with Gasteiger partial charge in [0.15, 0.2) is 5.82 Å². The number of nitrogens with zero attached hydrogens (tertiary/aromatic N) is 6. The SMILES string of the molecule is CSc1cc(-n2cnc(C#N)n2)ncn1. The predicted molar refractivity (Wildman–Crippen MR) is 53.4 cm³/mol. The Morgan fingerprint density at radius 3 is 2.93 bits per heavy atom. The van der Waals surface area contributed by atoms with Crippen molar-refractivity contribution in [1.29, 1.82) is 5.26 Å². The molecular weight excluding hydrogens is 212 g/mol. The minimum atomic E-state index is 0.124. The largest absolute Gasteiger partial charge is 0.252 e. The Morgan fingerprint density at radius 2 is 2.27 bits per heavy atom. The second-order valence-electron chi connectivity index (χ2n) is 2.54. The smallest absolute Gasteiger partial charge is 0.230 e. The number of thioether (sulfide) groups is 1. The first-order valence-electron chi connectivity index (χ1n) is 4.01. The lowest BCUT2D eigenvalue weighted by Gasteiger charge is -1.99. The van der Waals surface area contributed by atoms with Gasteiger partial charge in [-0.15, -0.1) is 16.9 Å². The first-order chi connectivity index (χ1) is 7.33. The maximum absolute atomic E-state index is 8.57. The summed E-state index contributed by atoms with van der Waals surface area (Å²) in [5, 5.41) is 13.3. The molecule has 0 aliphatic rings. The summed E-state index contributed by atoms with van der Waals surface area (Å²) >= 11 is 1.51. The third kappa shape index (κ3) is 1.94. The number of aromatic nitrogens is 5. The van der Waals surface area contributed by atoms with Crippen molar-refractivity contribution in [1.82, 2.24) is 24.7 Å². The minimum Gasteiger partial charge on any atom is -0.230 e. The lowest BCUT2D eigenvalue weighted by Crippen LogP contribution is -1.99. The predicted octanol–water partition coefficient (Wildman–Crippen LogP) is 0.651. The molecule has 0 unspecified atom stereocenters. The van der Waals surface area contributed by atoms with Crippen LogP contribution in [0.4, 0.5) is 0 Å². The molecule has 0 spiro atoms. The third-order valence-corrected chi connectivity index (χ3v) is 2.30. The van der Waals surface area contributed by atoms with Crippen LogP contribution in [0.5, 0.6) is 0 Å². The van der Waals surface area contributed by atoms with E-state index in [0.29, 0.717) is 5.82 Å². The van der Waals surface area contributed by atoms with Gasteiger partial charge in [0.2, 0.25) is 0 Å². The summed E-state index contributed by atoms with van der Waals surface area (Å²) < 4.78 is 1.44. The summed E-state index contributed by atoms with van der Waals surface area (Å²) in [6.45, 7) is 0. The third-order valence-electron chi connectivity index (χ3n) is 1.66. The van der Waals surface area contributed by atoms with Gasteiger partial charge in [-0.1, -0.05) is 0 Å². The Balaban J connectivity index is 2.41. The molecule has 0 aliphatic heterocycles. The van der Waals surface area contributed by atoms with Crippen molar-refractivity contribution in [2.45, 2.75) is 5.03 Å². The van der Waals surface area contributed by atoms with E-state index in [4.69, 9.17) is 5.26 Å². The molecule has 0 fully saturated rings. The van der Waals surface area contributed by atoms with E-state index in [-0.39, 0.29) is 5.82 Å². The van der Waals surface area contributed by atoms with Crippen LogP contribution in [0.3, 0.4) is 0 Å². The molecule has 0 saturated carbocycles. The molecule has 2 aromatic rings. The Kier molecular flexibility index (Phi) is 2.60. The van der Waals surface area contributed by atoms with Crippen LogP contribution in [0, 0.1) is 11.3 Å². The van der Waals surface area contributed by atoms with Gasteiger partial charge in [0.25, 0.3) is 5.82 Å². The Bertz CT molecular complexity index is 514. The highest BCUT2D eigenvalue weighted by Crippen LogP contribution is 2.12. The van der Waals surface area contributed by atoms with Crippen LogP contribution in [0.1, 0.15) is 5.82 Å². The zero-order valence-electron chi connectivity index (χ0n) is 7.82. The number of hydrogen-bond acceptors (Lipinski definition) is 6. The van der Waals surface area contributed by atoms with Gasteiger partial charge in [0.05, 0.1) is 0 Å². The molecule has 0 aliphatic carbocycles. The van der Waals surface area contributed by atoms with Gasteiger partial charge >= 0.3 is 0 Å². The fraction of sp³-hybridized carbons (Fsp3) is 0.125. The van der Waals surface area contributed by atoms with Crippen LogP contribution >= 0.6 is 11.8 Å². The van der Waals surface area contributed by atoms with E-state index in [2.05, 4.69) is 20.1 Å². The van der Waals surface area contributed by atoms with Crippen molar-refractivity contribution in [3.63, 3.8) is 0 Å². The zero-order valence-corrected chi connectivity index (χ0v) is 8.64. The first kappa shape index (κ1) is 9.61. The average Bonchev–Trinajstić information content (AvgIpc) is 2.78. The molecule has 2 aromatic heterocycles. The van der Waals surface area contributed by atoms with Crippen LogP contribution in [0.2, 0.25) is 0 Å². The van der Waals surface area contributed by atoms with Gasteiger partial charge in [0.1, 0.15) is 23.7 Å². The molecule has 2 heterocycles. The van der Waals surface area contributed by atoms with Gasteiger partial charge in [0, 0.05) is 6.07 Å². The van der Waals surface area contributed by atoms with E-state index in [1.807, 2.05) is 12.3 Å². The van der Waals surface area contributed by atoms with E-state index in [1.54, 1.807) is 6.07 Å². The molecule has 2 rings (SSSR count). The molecule has 6 nitrogen and oxygen atoms in total. The van der Waals surface area contributed by atoms with E-state index in [1.165, 1.54) is 29.1 Å². The fourth-order valence-electron chi connectivity index (χ4n) is 0.991. The topological polar surface area (TPSA) is 80.3 Å². The summed E-state index contributed by atoms with van der Waals surface area (Å²) in [6, 6.07) is 3.63. The van der Waals surface area contributed by atoms with Crippen molar-refractivity contribution in [2.24, 2.45) is 0 Å². The van der Waals surface area contributed by atoms with Crippen LogP contribution in [0.15, 0.2) is 23.7 Å². The average molecular weight is 218 g/mol. The molecule has 0 bridgehead atoms. The number of hydrogen-bond donors (Lipinski definition) is 0. The summed E-state index contributed by atoms with van der Waals surface area (Å²) in [4.78, 5) is 11.9. The summed E-state index contributed by atoms with van der Waals surface area (Å²) in [6.07, 6.45) is 4.83. The van der Waals surface area contributed by atoms with E-state index in [0.717, 1.165) is 5.03 Å². The van der Waals surface area contributed by atoms with Crippen LogP contribution in [0.25, 0.3) is 5.82 Å². The van der Waals surface area contributed by atoms with E-state index < -0.39 is 0 Å². The standard InChI is InChI=1S/C8H6N6S/c1-15-8-2-7(10-4-11-8)14-5-12-6(3-9)13-14/h2,4-5H,1H3. The Hall–Kier alpha value is -1.94. The van der Waals surface area contributed by atoms with Crippen LogP contribution < -0.4 is 0 Å². The zero-order chi connectivity index (χ0) is 10.7. The molecule has 0 amide bonds. The second-order valence-corrected chi connectivity index (χ2v) is 3.37. The molecular formula is C8H6N6S. The second kappa shape index (κ2) is 4.06. The molecule has 0 aromatic carbocycles. The molecule has 0 saturated heterocycles. The van der Waals surface area contributed by atoms with Gasteiger partial charge in [-0.05, 0) is 6.26 Å². The fourth-order valence-corrected chi connectivity index (χ4v) is 1.37. The number of rotatable bonds is 2. The minimum absolute atomic E-state index is 0.124. The molecule has 0 radical (unpaired) electrons. The summed E-state index contributed by atoms with van der Waals surface area (Å²) in [5.74, 6) is 0.725. The summed E-state index contributed by atoms with van der Waals surface area (Å²) in [5.41, 5.74) is 0. The number of nitriles is 1. The van der Waals surface area contributed by atoms with Crippen LogP contribution in [-0.4, -0.2) is 31.0 Å².